The molecule has 4 aromatic rings. The van der Waals surface area contributed by atoms with Crippen LogP contribution in [-0.2, 0) is 14.1 Å². The van der Waals surface area contributed by atoms with Crippen LogP contribution in [-0.4, -0.2) is 57.6 Å². The molecular formula is C28H34N6O2. The number of aromatic nitrogens is 4. The highest BCUT2D eigenvalue weighted by molar-refractivity contribution is 5.96. The molecule has 0 saturated carbocycles. The van der Waals surface area contributed by atoms with Gasteiger partial charge in [0.15, 0.2) is 0 Å². The Kier molecular flexibility index (Phi) is 7.55. The Bertz CT molecular complexity index is 1300. The Hall–Kier alpha value is -3.91. The van der Waals surface area contributed by atoms with Gasteiger partial charge in [0.1, 0.15) is 12.4 Å². The quantitative estimate of drug-likeness (QED) is 0.383. The van der Waals surface area contributed by atoms with Crippen LogP contribution in [0, 0.1) is 6.92 Å². The van der Waals surface area contributed by atoms with Crippen LogP contribution in [0.4, 0.5) is 0 Å². The van der Waals surface area contributed by atoms with Gasteiger partial charge in [-0.25, -0.2) is 0 Å². The second-order valence-corrected chi connectivity index (χ2v) is 9.47. The van der Waals surface area contributed by atoms with E-state index in [-0.39, 0.29) is 11.9 Å². The van der Waals surface area contributed by atoms with Crippen molar-refractivity contribution < 1.29 is 9.53 Å². The van der Waals surface area contributed by atoms with Crippen LogP contribution in [0.15, 0.2) is 61.2 Å². The van der Waals surface area contributed by atoms with E-state index in [2.05, 4.69) is 38.6 Å². The van der Waals surface area contributed by atoms with Gasteiger partial charge in [-0.05, 0) is 80.5 Å². The first-order chi connectivity index (χ1) is 17.2. The zero-order valence-electron chi connectivity index (χ0n) is 21.8. The Labute approximate surface area is 212 Å². The average Bonchev–Trinajstić information content (AvgIpc) is 3.47. The number of rotatable bonds is 9. The lowest BCUT2D eigenvalue weighted by Crippen LogP contribution is -2.27. The SMILES string of the molecule is Cc1ccc(OCCN(C)C)cc1C(=O)N[C@H](C)c1cc(-c2cnn(C)c2)cc(-c2cnn(C)c2)c1. The van der Waals surface area contributed by atoms with Crippen molar-refractivity contribution in [3.8, 4) is 28.0 Å². The van der Waals surface area contributed by atoms with Gasteiger partial charge in [0.2, 0.25) is 0 Å². The number of hydrogen-bond donors (Lipinski definition) is 1. The highest BCUT2D eigenvalue weighted by atomic mass is 16.5. The van der Waals surface area contributed by atoms with Crippen molar-refractivity contribution in [1.29, 1.82) is 0 Å². The van der Waals surface area contributed by atoms with Crippen LogP contribution >= 0.6 is 0 Å². The summed E-state index contributed by atoms with van der Waals surface area (Å²) in [6.07, 6.45) is 7.67. The Morgan fingerprint density at radius 1 is 0.972 bits per heavy atom. The summed E-state index contributed by atoms with van der Waals surface area (Å²) in [6, 6.07) is 11.8. The van der Waals surface area contributed by atoms with Crippen LogP contribution in [0.3, 0.4) is 0 Å². The Morgan fingerprint density at radius 3 is 2.11 bits per heavy atom. The molecule has 0 aliphatic rings. The molecule has 1 amide bonds. The first-order valence-corrected chi connectivity index (χ1v) is 12.0. The van der Waals surface area contributed by atoms with E-state index in [1.54, 1.807) is 9.36 Å². The summed E-state index contributed by atoms with van der Waals surface area (Å²) in [5.74, 6) is 0.561. The lowest BCUT2D eigenvalue weighted by molar-refractivity contribution is 0.0938. The zero-order chi connectivity index (χ0) is 25.8. The van der Waals surface area contributed by atoms with E-state index in [0.29, 0.717) is 17.9 Å². The summed E-state index contributed by atoms with van der Waals surface area (Å²) in [5, 5.41) is 11.8. The van der Waals surface area contributed by atoms with Gasteiger partial charge in [0.25, 0.3) is 5.91 Å². The molecule has 2 heterocycles. The fourth-order valence-corrected chi connectivity index (χ4v) is 4.01. The molecule has 0 unspecified atom stereocenters. The zero-order valence-corrected chi connectivity index (χ0v) is 21.8. The van der Waals surface area contributed by atoms with E-state index in [9.17, 15) is 4.79 Å². The Balaban J connectivity index is 1.60. The molecule has 0 bridgehead atoms. The van der Waals surface area contributed by atoms with E-state index in [4.69, 9.17) is 4.74 Å². The predicted octanol–water partition coefficient (Wildman–Crippen LogP) is 4.23. The highest BCUT2D eigenvalue weighted by Gasteiger charge is 2.17. The molecule has 0 aliphatic heterocycles. The number of carbonyl (C=O) groups is 1. The van der Waals surface area contributed by atoms with Gasteiger partial charge in [-0.15, -0.1) is 0 Å². The maximum Gasteiger partial charge on any atom is 0.252 e. The fraction of sp³-hybridized carbons (Fsp3) is 0.321. The average molecular weight is 487 g/mol. The molecule has 1 atom stereocenters. The van der Waals surface area contributed by atoms with Crippen LogP contribution in [0.2, 0.25) is 0 Å². The number of nitrogens with zero attached hydrogens (tertiary/aromatic N) is 5. The summed E-state index contributed by atoms with van der Waals surface area (Å²) in [6.45, 7) is 5.30. The summed E-state index contributed by atoms with van der Waals surface area (Å²) in [5.41, 5.74) is 6.61. The Morgan fingerprint density at radius 2 is 1.58 bits per heavy atom. The summed E-state index contributed by atoms with van der Waals surface area (Å²) < 4.78 is 9.42. The predicted molar refractivity (Wildman–Crippen MR) is 142 cm³/mol. The minimum absolute atomic E-state index is 0.132. The van der Waals surface area contributed by atoms with Gasteiger partial charge < -0.3 is 15.0 Å². The topological polar surface area (TPSA) is 77.2 Å². The molecule has 0 radical (unpaired) electrons. The maximum absolute atomic E-state index is 13.3. The van der Waals surface area contributed by atoms with Crippen molar-refractivity contribution in [3.63, 3.8) is 0 Å². The summed E-state index contributed by atoms with van der Waals surface area (Å²) >= 11 is 0. The third-order valence-electron chi connectivity index (χ3n) is 6.14. The number of likely N-dealkylation sites (N-methyl/N-ethyl adjacent to an activating group) is 1. The van der Waals surface area contributed by atoms with Crippen LogP contribution in [0.25, 0.3) is 22.3 Å². The van der Waals surface area contributed by atoms with Crippen molar-refractivity contribution in [3.05, 3.63) is 77.9 Å². The first kappa shape index (κ1) is 25.2. The van der Waals surface area contributed by atoms with E-state index < -0.39 is 0 Å². The normalized spacial score (nSPS) is 12.1. The standard InChI is InChI=1S/C28H34N6O2/c1-19-7-8-26(36-10-9-32(3)4)14-27(19)28(35)31-20(2)21-11-22(24-15-29-33(5)17-24)13-23(12-21)25-16-30-34(6)18-25/h7-8,11-18,20H,9-10H2,1-6H3,(H,31,35)/t20-/m1/s1. The van der Waals surface area contributed by atoms with Crippen molar-refractivity contribution in [1.82, 2.24) is 29.8 Å². The lowest BCUT2D eigenvalue weighted by atomic mass is 9.96. The van der Waals surface area contributed by atoms with Gasteiger partial charge in [-0.3, -0.25) is 14.2 Å². The molecule has 0 aliphatic carbocycles. The molecule has 36 heavy (non-hydrogen) atoms. The van der Waals surface area contributed by atoms with Crippen LogP contribution < -0.4 is 10.1 Å². The second-order valence-electron chi connectivity index (χ2n) is 9.47. The first-order valence-electron chi connectivity index (χ1n) is 12.0. The highest BCUT2D eigenvalue weighted by Crippen LogP contribution is 2.30. The summed E-state index contributed by atoms with van der Waals surface area (Å²) in [7, 11) is 7.81. The number of aryl methyl sites for hydroxylation is 3. The van der Waals surface area contributed by atoms with Crippen molar-refractivity contribution in [2.75, 3.05) is 27.2 Å². The second kappa shape index (κ2) is 10.8. The van der Waals surface area contributed by atoms with Crippen molar-refractivity contribution in [2.24, 2.45) is 14.1 Å². The minimum atomic E-state index is -0.220. The molecule has 0 spiro atoms. The van der Waals surface area contributed by atoms with Crippen molar-refractivity contribution >= 4 is 5.91 Å². The van der Waals surface area contributed by atoms with E-state index in [1.165, 1.54) is 0 Å². The van der Waals surface area contributed by atoms with Gasteiger partial charge >= 0.3 is 0 Å². The molecule has 4 rings (SSSR count). The molecule has 0 fully saturated rings. The van der Waals surface area contributed by atoms with Crippen molar-refractivity contribution in [2.45, 2.75) is 19.9 Å². The third kappa shape index (κ3) is 6.01. The number of hydrogen-bond acceptors (Lipinski definition) is 5. The molecular weight excluding hydrogens is 452 g/mol. The van der Waals surface area contributed by atoms with E-state index in [0.717, 1.165) is 39.9 Å². The minimum Gasteiger partial charge on any atom is -0.492 e. The molecule has 188 valence electrons. The van der Waals surface area contributed by atoms with Crippen LogP contribution in [0.5, 0.6) is 5.75 Å². The maximum atomic E-state index is 13.3. The number of ether oxygens (including phenoxy) is 1. The monoisotopic (exact) mass is 486 g/mol. The number of amides is 1. The number of benzene rings is 2. The molecule has 8 heteroatoms. The smallest absolute Gasteiger partial charge is 0.252 e. The summed E-state index contributed by atoms with van der Waals surface area (Å²) in [4.78, 5) is 15.4. The van der Waals surface area contributed by atoms with Crippen LogP contribution in [0.1, 0.15) is 34.5 Å². The fourth-order valence-electron chi connectivity index (χ4n) is 4.01. The largest absolute Gasteiger partial charge is 0.492 e. The van der Waals surface area contributed by atoms with Gasteiger partial charge in [0, 0.05) is 49.7 Å². The lowest BCUT2D eigenvalue weighted by Gasteiger charge is -2.18. The van der Waals surface area contributed by atoms with E-state index in [1.807, 2.05) is 85.0 Å². The molecule has 2 aromatic carbocycles. The number of nitrogens with one attached hydrogen (secondary N) is 1. The molecule has 8 nitrogen and oxygen atoms in total. The van der Waals surface area contributed by atoms with Gasteiger partial charge in [0.05, 0.1) is 18.4 Å². The molecule has 1 N–H and O–H groups in total. The van der Waals surface area contributed by atoms with E-state index >= 15 is 0 Å². The molecule has 2 aromatic heterocycles. The third-order valence-corrected chi connectivity index (χ3v) is 6.14. The molecule has 0 saturated heterocycles. The van der Waals surface area contributed by atoms with Gasteiger partial charge in [-0.1, -0.05) is 6.07 Å². The van der Waals surface area contributed by atoms with Gasteiger partial charge in [-0.2, -0.15) is 10.2 Å². The number of carbonyl (C=O) groups excluding carboxylic acids is 1.